The van der Waals surface area contributed by atoms with E-state index in [2.05, 4.69) is 13.2 Å². The molecule has 2 nitrogen and oxygen atoms in total. The molecule has 0 aliphatic carbocycles. The second kappa shape index (κ2) is 6.24. The van der Waals surface area contributed by atoms with Crippen LogP contribution >= 0.6 is 0 Å². The van der Waals surface area contributed by atoms with Gasteiger partial charge in [-0.15, -0.1) is 0 Å². The minimum Gasteiger partial charge on any atom is -0.489 e. The molecular weight excluding hydrogens is 253 g/mol. The van der Waals surface area contributed by atoms with Crippen molar-refractivity contribution in [2.75, 3.05) is 13.2 Å². The van der Waals surface area contributed by atoms with E-state index >= 15 is 0 Å². The number of benzene rings is 1. The van der Waals surface area contributed by atoms with Gasteiger partial charge in [-0.3, -0.25) is 0 Å². The third-order valence-corrected chi connectivity index (χ3v) is 3.08. The molecule has 0 bridgehead atoms. The lowest BCUT2D eigenvalue weighted by Crippen LogP contribution is -2.22. The van der Waals surface area contributed by atoms with Gasteiger partial charge in [-0.05, 0) is 31.2 Å². The number of hydrogen-bond acceptors (Lipinski definition) is 2. The molecule has 1 aromatic carbocycles. The summed E-state index contributed by atoms with van der Waals surface area (Å²) in [7, 11) is 0. The molecule has 0 saturated carbocycles. The van der Waals surface area contributed by atoms with Gasteiger partial charge in [0.05, 0.1) is 11.3 Å². The van der Waals surface area contributed by atoms with Gasteiger partial charge in [-0.2, -0.15) is 0 Å². The lowest BCUT2D eigenvalue weighted by atomic mass is 10.0. The Morgan fingerprint density at radius 3 is 2.90 bits per heavy atom. The van der Waals surface area contributed by atoms with Crippen molar-refractivity contribution >= 4 is 5.70 Å². The van der Waals surface area contributed by atoms with Crippen LogP contribution in [0.1, 0.15) is 12.5 Å². The Morgan fingerprint density at radius 1 is 1.40 bits per heavy atom. The summed E-state index contributed by atoms with van der Waals surface area (Å²) in [6, 6.07) is 4.84. The predicted molar refractivity (Wildman–Crippen MR) is 80.7 cm³/mol. The molecule has 1 heterocycles. The summed E-state index contributed by atoms with van der Waals surface area (Å²) in [4.78, 5) is 1.96. The second-order valence-electron chi connectivity index (χ2n) is 4.36. The van der Waals surface area contributed by atoms with Crippen LogP contribution in [0.25, 0.3) is 5.70 Å². The maximum Gasteiger partial charge on any atom is 0.136 e. The molecule has 3 heteroatoms. The van der Waals surface area contributed by atoms with Crippen LogP contribution in [0.15, 0.2) is 61.4 Å². The third kappa shape index (κ3) is 2.67. The first-order valence-electron chi connectivity index (χ1n) is 6.56. The molecule has 0 radical (unpaired) electrons. The molecule has 0 saturated heterocycles. The second-order valence-corrected chi connectivity index (χ2v) is 4.36. The highest BCUT2D eigenvalue weighted by atomic mass is 19.1. The number of halogens is 1. The first kappa shape index (κ1) is 14.1. The van der Waals surface area contributed by atoms with Crippen LogP contribution in [-0.4, -0.2) is 18.1 Å². The fraction of sp³-hybridized carbons (Fsp3) is 0.176. The van der Waals surface area contributed by atoms with Gasteiger partial charge in [0, 0.05) is 12.2 Å². The van der Waals surface area contributed by atoms with E-state index in [9.17, 15) is 4.39 Å². The van der Waals surface area contributed by atoms with Gasteiger partial charge in [0.1, 0.15) is 18.2 Å². The van der Waals surface area contributed by atoms with Crippen molar-refractivity contribution in [3.63, 3.8) is 0 Å². The average molecular weight is 271 g/mol. The Kier molecular flexibility index (Phi) is 4.41. The number of likely N-dealkylation sites (N-methyl/N-ethyl adjacent to an activating group) is 1. The maximum atomic E-state index is 14.3. The molecule has 0 atom stereocenters. The fourth-order valence-corrected chi connectivity index (χ4v) is 2.20. The Labute approximate surface area is 119 Å². The van der Waals surface area contributed by atoms with Crippen molar-refractivity contribution < 1.29 is 9.13 Å². The molecular formula is C17H18FNO. The minimum atomic E-state index is -0.306. The van der Waals surface area contributed by atoms with Gasteiger partial charge < -0.3 is 9.64 Å². The minimum absolute atomic E-state index is 0.306. The Bertz CT molecular complexity index is 587. The molecule has 20 heavy (non-hydrogen) atoms. The molecule has 0 N–H and O–H groups in total. The van der Waals surface area contributed by atoms with Crippen molar-refractivity contribution in [1.82, 2.24) is 4.90 Å². The lowest BCUT2D eigenvalue weighted by molar-refractivity contribution is 0.357. The van der Waals surface area contributed by atoms with Crippen LogP contribution in [0.2, 0.25) is 0 Å². The molecule has 0 unspecified atom stereocenters. The number of allylic oxidation sites excluding steroid dienone is 3. The van der Waals surface area contributed by atoms with E-state index in [1.54, 1.807) is 18.2 Å². The van der Waals surface area contributed by atoms with Crippen LogP contribution < -0.4 is 4.74 Å². The molecule has 0 aromatic heterocycles. The van der Waals surface area contributed by atoms with Crippen molar-refractivity contribution in [3.8, 4) is 5.75 Å². The number of nitrogens with zero attached hydrogens (tertiary/aromatic N) is 1. The monoisotopic (exact) mass is 271 g/mol. The van der Waals surface area contributed by atoms with Gasteiger partial charge in [0.25, 0.3) is 0 Å². The Balaban J connectivity index is 2.50. The number of ether oxygens (including phenoxy) is 1. The highest BCUT2D eigenvalue weighted by Crippen LogP contribution is 2.34. The zero-order valence-electron chi connectivity index (χ0n) is 11.6. The number of hydrogen-bond donors (Lipinski definition) is 0. The van der Waals surface area contributed by atoms with Gasteiger partial charge >= 0.3 is 0 Å². The molecule has 0 amide bonds. The van der Waals surface area contributed by atoms with E-state index in [0.717, 1.165) is 11.4 Å². The normalized spacial score (nSPS) is 14.2. The SMILES string of the molecule is C=CCOc1cccc(F)c1C1=CC=CC(=C)N1CC. The molecule has 1 aliphatic rings. The highest BCUT2D eigenvalue weighted by molar-refractivity contribution is 5.74. The van der Waals surface area contributed by atoms with Crippen LogP contribution in [0.3, 0.4) is 0 Å². The quantitative estimate of drug-likeness (QED) is 0.746. The van der Waals surface area contributed by atoms with E-state index in [0.29, 0.717) is 24.5 Å². The topological polar surface area (TPSA) is 12.5 Å². The van der Waals surface area contributed by atoms with Crippen molar-refractivity contribution in [1.29, 1.82) is 0 Å². The summed E-state index contributed by atoms with van der Waals surface area (Å²) in [6.07, 6.45) is 7.28. The largest absolute Gasteiger partial charge is 0.489 e. The van der Waals surface area contributed by atoms with E-state index in [4.69, 9.17) is 4.74 Å². The van der Waals surface area contributed by atoms with E-state index in [1.807, 2.05) is 30.1 Å². The molecule has 104 valence electrons. The zero-order valence-corrected chi connectivity index (χ0v) is 11.6. The Hall–Kier alpha value is -2.29. The maximum absolute atomic E-state index is 14.3. The van der Waals surface area contributed by atoms with Crippen molar-refractivity contribution in [2.45, 2.75) is 6.92 Å². The van der Waals surface area contributed by atoms with E-state index in [-0.39, 0.29) is 5.82 Å². The first-order chi connectivity index (χ1) is 9.69. The molecule has 0 spiro atoms. The summed E-state index contributed by atoms with van der Waals surface area (Å²) in [5.41, 5.74) is 2.06. The van der Waals surface area contributed by atoms with Gasteiger partial charge in [-0.25, -0.2) is 4.39 Å². The van der Waals surface area contributed by atoms with Crippen molar-refractivity contribution in [2.24, 2.45) is 0 Å². The van der Waals surface area contributed by atoms with Gasteiger partial charge in [0.15, 0.2) is 0 Å². The standard InChI is InChI=1S/C17H18FNO/c1-4-12-20-16-11-7-9-14(18)17(16)15-10-6-8-13(3)19(15)5-2/h4,6-11H,1,3,5,12H2,2H3. The summed E-state index contributed by atoms with van der Waals surface area (Å²) in [5, 5.41) is 0. The van der Waals surface area contributed by atoms with Crippen LogP contribution in [-0.2, 0) is 0 Å². The first-order valence-corrected chi connectivity index (χ1v) is 6.56. The highest BCUT2D eigenvalue weighted by Gasteiger charge is 2.21. The van der Waals surface area contributed by atoms with E-state index in [1.165, 1.54) is 6.07 Å². The number of rotatable bonds is 5. The Morgan fingerprint density at radius 2 is 2.20 bits per heavy atom. The van der Waals surface area contributed by atoms with Crippen LogP contribution in [0.4, 0.5) is 4.39 Å². The van der Waals surface area contributed by atoms with E-state index < -0.39 is 0 Å². The predicted octanol–water partition coefficient (Wildman–Crippen LogP) is 4.14. The molecule has 0 fully saturated rings. The third-order valence-electron chi connectivity index (χ3n) is 3.08. The zero-order chi connectivity index (χ0) is 14.5. The fourth-order valence-electron chi connectivity index (χ4n) is 2.20. The molecule has 1 aliphatic heterocycles. The summed E-state index contributed by atoms with van der Waals surface area (Å²) >= 11 is 0. The smallest absolute Gasteiger partial charge is 0.136 e. The summed E-state index contributed by atoms with van der Waals surface area (Å²) in [6.45, 7) is 10.7. The molecule has 2 rings (SSSR count). The summed E-state index contributed by atoms with van der Waals surface area (Å²) in [5.74, 6) is 0.206. The summed E-state index contributed by atoms with van der Waals surface area (Å²) < 4.78 is 19.8. The van der Waals surface area contributed by atoms with Crippen molar-refractivity contribution in [3.05, 3.63) is 72.7 Å². The van der Waals surface area contributed by atoms with Gasteiger partial charge in [0.2, 0.25) is 0 Å². The van der Waals surface area contributed by atoms with Crippen LogP contribution in [0, 0.1) is 5.82 Å². The van der Waals surface area contributed by atoms with Gasteiger partial charge in [-0.1, -0.05) is 31.4 Å². The van der Waals surface area contributed by atoms with Crippen LogP contribution in [0.5, 0.6) is 5.75 Å². The molecule has 1 aromatic rings. The average Bonchev–Trinajstić information content (AvgIpc) is 2.45. The lowest BCUT2D eigenvalue weighted by Gasteiger charge is -2.29.